The summed E-state index contributed by atoms with van der Waals surface area (Å²) in [5.41, 5.74) is 4.08. The van der Waals surface area contributed by atoms with Crippen LogP contribution in [0.4, 0.5) is 4.79 Å². The Morgan fingerprint density at radius 2 is 1.60 bits per heavy atom. The molecule has 2 amide bonds. The van der Waals surface area contributed by atoms with Crippen molar-refractivity contribution in [1.29, 1.82) is 0 Å². The molecule has 184 valence electrons. The molecule has 2 atom stereocenters. The number of carbonyl (C=O) groups is 3. The van der Waals surface area contributed by atoms with E-state index in [0.29, 0.717) is 12.8 Å². The summed E-state index contributed by atoms with van der Waals surface area (Å²) < 4.78 is 5.70. The molecule has 0 spiro atoms. The molecule has 3 N–H and O–H groups in total. The van der Waals surface area contributed by atoms with Crippen LogP contribution < -0.4 is 10.6 Å². The fraction of sp³-hybridized carbons (Fsp3) is 0.464. The van der Waals surface area contributed by atoms with E-state index in [1.165, 1.54) is 11.1 Å². The van der Waals surface area contributed by atoms with Crippen molar-refractivity contribution in [2.24, 2.45) is 5.92 Å². The molecular formula is C28H32N2O5. The smallest absolute Gasteiger partial charge is 0.407 e. The topological polar surface area (TPSA) is 105 Å². The summed E-state index contributed by atoms with van der Waals surface area (Å²) >= 11 is 0. The Hall–Kier alpha value is -3.35. The lowest BCUT2D eigenvalue weighted by atomic mass is 9.74. The minimum Gasteiger partial charge on any atom is -0.481 e. The van der Waals surface area contributed by atoms with Crippen LogP contribution in [0, 0.1) is 5.92 Å². The third-order valence-corrected chi connectivity index (χ3v) is 7.91. The highest BCUT2D eigenvalue weighted by molar-refractivity contribution is 5.80. The number of nitrogens with one attached hydrogen (secondary N) is 2. The Morgan fingerprint density at radius 1 is 0.943 bits per heavy atom. The van der Waals surface area contributed by atoms with Crippen LogP contribution >= 0.6 is 0 Å². The number of alkyl carbamates (subject to hydrolysis) is 1. The van der Waals surface area contributed by atoms with Crippen LogP contribution in [0.5, 0.6) is 0 Å². The van der Waals surface area contributed by atoms with Gasteiger partial charge in [0.25, 0.3) is 0 Å². The first-order valence-electron chi connectivity index (χ1n) is 12.6. The number of hydrogen-bond acceptors (Lipinski definition) is 4. The summed E-state index contributed by atoms with van der Waals surface area (Å²) in [6, 6.07) is 16.3. The Morgan fingerprint density at radius 3 is 2.20 bits per heavy atom. The van der Waals surface area contributed by atoms with Crippen molar-refractivity contribution < 1.29 is 24.2 Å². The molecule has 2 fully saturated rings. The summed E-state index contributed by atoms with van der Waals surface area (Å²) in [5, 5.41) is 15.3. The molecule has 0 saturated heterocycles. The minimum atomic E-state index is -0.795. The van der Waals surface area contributed by atoms with Gasteiger partial charge in [-0.15, -0.1) is 0 Å². The maximum Gasteiger partial charge on any atom is 0.407 e. The second-order valence-electron chi connectivity index (χ2n) is 10.2. The van der Waals surface area contributed by atoms with E-state index < -0.39 is 23.5 Å². The lowest BCUT2D eigenvalue weighted by molar-refractivity contribution is -0.143. The van der Waals surface area contributed by atoms with Crippen LogP contribution in [-0.4, -0.2) is 41.3 Å². The first kappa shape index (κ1) is 23.4. The van der Waals surface area contributed by atoms with E-state index in [1.54, 1.807) is 0 Å². The number of amides is 2. The van der Waals surface area contributed by atoms with Crippen LogP contribution in [-0.2, 0) is 14.3 Å². The number of carbonyl (C=O) groups excluding carboxylic acids is 2. The fourth-order valence-electron chi connectivity index (χ4n) is 5.93. The summed E-state index contributed by atoms with van der Waals surface area (Å²) in [5.74, 6) is -1.34. The number of ether oxygens (including phenoxy) is 1. The average Bonchev–Trinajstić information content (AvgIpc) is 3.15. The number of aliphatic carboxylic acids is 1. The lowest BCUT2D eigenvalue weighted by Crippen LogP contribution is -2.56. The highest BCUT2D eigenvalue weighted by Crippen LogP contribution is 2.44. The predicted molar refractivity (Wildman–Crippen MR) is 131 cm³/mol. The molecule has 2 saturated carbocycles. The highest BCUT2D eigenvalue weighted by atomic mass is 16.5. The lowest BCUT2D eigenvalue weighted by Gasteiger charge is -2.42. The molecule has 0 aromatic heterocycles. The zero-order valence-electron chi connectivity index (χ0n) is 19.8. The maximum atomic E-state index is 12.8. The first-order valence-corrected chi connectivity index (χ1v) is 12.6. The molecule has 2 aromatic carbocycles. The number of rotatable bonds is 7. The van der Waals surface area contributed by atoms with Crippen LogP contribution in [0.15, 0.2) is 48.5 Å². The molecule has 0 unspecified atom stereocenters. The molecule has 3 aliphatic rings. The van der Waals surface area contributed by atoms with Crippen molar-refractivity contribution in [1.82, 2.24) is 10.6 Å². The van der Waals surface area contributed by atoms with E-state index in [1.807, 2.05) is 24.3 Å². The van der Waals surface area contributed by atoms with Gasteiger partial charge in [-0.2, -0.15) is 0 Å². The Kier molecular flexibility index (Phi) is 6.50. The van der Waals surface area contributed by atoms with E-state index >= 15 is 0 Å². The van der Waals surface area contributed by atoms with E-state index in [2.05, 4.69) is 34.9 Å². The molecule has 3 aliphatic carbocycles. The van der Waals surface area contributed by atoms with Gasteiger partial charge in [0.2, 0.25) is 5.91 Å². The predicted octanol–water partition coefficient (Wildman–Crippen LogP) is 4.60. The summed E-state index contributed by atoms with van der Waals surface area (Å²) in [6.45, 7) is 0.237. The molecule has 7 heteroatoms. The quantitative estimate of drug-likeness (QED) is 0.542. The molecule has 0 aliphatic heterocycles. The molecule has 0 radical (unpaired) electrons. The third kappa shape index (κ3) is 4.90. The molecule has 0 bridgehead atoms. The standard InChI is InChI=1S/C28H32N2O5/c31-25(29-19-8-5-7-18(15-19)26(32)33)16-28(13-6-14-28)30-27(34)35-17-24-22-11-3-1-9-20(22)21-10-2-4-12-23(21)24/h1-4,9-12,18-19,24H,5-8,13-17H2,(H,29,31)(H,30,34)(H,32,33)/t18-,19+/m1/s1. The van der Waals surface area contributed by atoms with Crippen LogP contribution in [0.25, 0.3) is 11.1 Å². The van der Waals surface area contributed by atoms with Crippen molar-refractivity contribution in [2.75, 3.05) is 6.61 Å². The molecule has 7 nitrogen and oxygen atoms in total. The maximum absolute atomic E-state index is 12.8. The van der Waals surface area contributed by atoms with Gasteiger partial charge in [-0.05, 0) is 60.8 Å². The molecule has 2 aromatic rings. The second kappa shape index (κ2) is 9.72. The van der Waals surface area contributed by atoms with Crippen LogP contribution in [0.2, 0.25) is 0 Å². The molecule has 0 heterocycles. The van der Waals surface area contributed by atoms with Gasteiger partial charge >= 0.3 is 12.1 Å². The van der Waals surface area contributed by atoms with E-state index in [0.717, 1.165) is 43.2 Å². The van der Waals surface area contributed by atoms with Crippen molar-refractivity contribution >= 4 is 18.0 Å². The third-order valence-electron chi connectivity index (χ3n) is 7.91. The van der Waals surface area contributed by atoms with Crippen molar-refractivity contribution in [2.45, 2.75) is 68.9 Å². The summed E-state index contributed by atoms with van der Waals surface area (Å²) in [7, 11) is 0. The van der Waals surface area contributed by atoms with Gasteiger partial charge in [-0.1, -0.05) is 55.0 Å². The average molecular weight is 477 g/mol. The van der Waals surface area contributed by atoms with Gasteiger partial charge in [0.05, 0.1) is 11.5 Å². The molecular weight excluding hydrogens is 444 g/mol. The normalized spacial score (nSPS) is 22.3. The van der Waals surface area contributed by atoms with Gasteiger partial charge < -0.3 is 20.5 Å². The van der Waals surface area contributed by atoms with Gasteiger partial charge in [0, 0.05) is 18.4 Å². The molecule has 5 rings (SSSR count). The van der Waals surface area contributed by atoms with Gasteiger partial charge in [0.1, 0.15) is 6.61 Å². The number of carboxylic acids is 1. The fourth-order valence-corrected chi connectivity index (χ4v) is 5.93. The number of benzene rings is 2. The van der Waals surface area contributed by atoms with E-state index in [9.17, 15) is 19.5 Å². The van der Waals surface area contributed by atoms with Crippen LogP contribution in [0.3, 0.4) is 0 Å². The number of carboxylic acid groups (broad SMARTS) is 1. The van der Waals surface area contributed by atoms with Gasteiger partial charge in [-0.25, -0.2) is 4.79 Å². The number of hydrogen-bond donors (Lipinski definition) is 3. The highest BCUT2D eigenvalue weighted by Gasteiger charge is 2.41. The minimum absolute atomic E-state index is 0.0118. The summed E-state index contributed by atoms with van der Waals surface area (Å²) in [6.07, 6.45) is 4.81. The SMILES string of the molecule is O=C(CC1(NC(=O)OCC2c3ccccc3-c3ccccc32)CCC1)N[C@H]1CCC[C@@H](C(=O)O)C1. The first-order chi connectivity index (χ1) is 16.9. The Balaban J connectivity index is 1.17. The monoisotopic (exact) mass is 476 g/mol. The Labute approximate surface area is 205 Å². The van der Waals surface area contributed by atoms with Gasteiger partial charge in [0.15, 0.2) is 0 Å². The zero-order chi connectivity index (χ0) is 24.4. The van der Waals surface area contributed by atoms with E-state index in [4.69, 9.17) is 4.74 Å². The van der Waals surface area contributed by atoms with Crippen molar-refractivity contribution in [3.8, 4) is 11.1 Å². The van der Waals surface area contributed by atoms with E-state index in [-0.39, 0.29) is 30.9 Å². The second-order valence-corrected chi connectivity index (χ2v) is 10.2. The zero-order valence-corrected chi connectivity index (χ0v) is 19.8. The van der Waals surface area contributed by atoms with Crippen molar-refractivity contribution in [3.63, 3.8) is 0 Å². The largest absolute Gasteiger partial charge is 0.481 e. The van der Waals surface area contributed by atoms with Crippen LogP contribution in [0.1, 0.15) is 68.4 Å². The van der Waals surface area contributed by atoms with Gasteiger partial charge in [-0.3, -0.25) is 9.59 Å². The summed E-state index contributed by atoms with van der Waals surface area (Å²) in [4.78, 5) is 36.9. The number of fused-ring (bicyclic) bond motifs is 3. The molecule has 35 heavy (non-hydrogen) atoms. The Bertz CT molecular complexity index is 1080. The van der Waals surface area contributed by atoms with Crippen molar-refractivity contribution in [3.05, 3.63) is 59.7 Å².